The average molecular weight is 1310 g/mol. The molecule has 492 valence electrons. The molecule has 0 N–H and O–H groups in total. The largest absolute Gasteiger partial charge is 0.456 e. The lowest BCUT2D eigenvalue weighted by Gasteiger charge is -2.22. The molecular weight excluding hydrogens is 1230 g/mol. The summed E-state index contributed by atoms with van der Waals surface area (Å²) < 4.78 is 11.0. The number of benzene rings is 15. The van der Waals surface area contributed by atoms with Crippen LogP contribution in [0.2, 0.25) is 0 Å². The van der Waals surface area contributed by atoms with Crippen LogP contribution in [0.1, 0.15) is 91.7 Å². The number of hydrogen-bond donors (Lipinski definition) is 0. The Kier molecular flexibility index (Phi) is 18.2. The van der Waals surface area contributed by atoms with Crippen LogP contribution < -0.4 is 0 Å². The van der Waals surface area contributed by atoms with Crippen LogP contribution in [0.5, 0.6) is 0 Å². The second-order valence-electron chi connectivity index (χ2n) is 28.5. The number of fused-ring (bicyclic) bond motifs is 17. The fraction of sp³-hybridized carbons (Fsp3) is 0.155. The van der Waals surface area contributed by atoms with E-state index in [1.165, 1.54) is 191 Å². The third-order valence-corrected chi connectivity index (χ3v) is 21.4. The van der Waals surface area contributed by atoms with E-state index in [-0.39, 0.29) is 5.41 Å². The smallest absolute Gasteiger partial charge is 0.135 e. The fourth-order valence-corrected chi connectivity index (χ4v) is 16.2. The van der Waals surface area contributed by atoms with E-state index >= 15 is 0 Å². The van der Waals surface area contributed by atoms with Gasteiger partial charge in [-0.3, -0.25) is 0 Å². The second kappa shape index (κ2) is 27.5. The molecule has 0 atom stereocenters. The van der Waals surface area contributed by atoms with Gasteiger partial charge in [0.25, 0.3) is 0 Å². The first-order valence-electron chi connectivity index (χ1n) is 35.1. The number of aryl methyl sites for hydroxylation is 12. The normalized spacial score (nSPS) is 12.0. The van der Waals surface area contributed by atoms with Crippen molar-refractivity contribution in [1.82, 2.24) is 4.57 Å². The first kappa shape index (κ1) is 66.4. The van der Waals surface area contributed by atoms with Gasteiger partial charge in [-0.2, -0.15) is 0 Å². The number of hydrogen-bond acceptors (Lipinski definition) is 2. The Labute approximate surface area is 593 Å². The van der Waals surface area contributed by atoms with Gasteiger partial charge < -0.3 is 8.98 Å². The van der Waals surface area contributed by atoms with Crippen molar-refractivity contribution in [1.29, 1.82) is 0 Å². The van der Waals surface area contributed by atoms with E-state index in [2.05, 4.69) is 374 Å². The van der Waals surface area contributed by atoms with Crippen molar-refractivity contribution in [2.45, 2.75) is 102 Å². The fourth-order valence-electron chi connectivity index (χ4n) is 14.9. The maximum Gasteiger partial charge on any atom is 0.135 e. The Hall–Kier alpha value is -10.8. The van der Waals surface area contributed by atoms with Gasteiger partial charge in [0.15, 0.2) is 0 Å². The lowest BCUT2D eigenvalue weighted by Crippen LogP contribution is -2.15. The molecule has 19 rings (SSSR count). The van der Waals surface area contributed by atoms with E-state index in [9.17, 15) is 0 Å². The van der Waals surface area contributed by atoms with Crippen LogP contribution in [0.4, 0.5) is 0 Å². The van der Waals surface area contributed by atoms with Crippen LogP contribution in [0.25, 0.3) is 124 Å². The monoisotopic (exact) mass is 1310 g/mol. The SMILES string of the molecule is Cc1c2ccccc2c(C)c2ccccc12.Cc1ccc2c(c1)C(C)(C)c1cc(C)ccc1-2.Cc1ccc2c(c1)c1cc(C)ccc1n2-c1ccccc1.Cc1ccc2c(c1)oc1cc(C)ccc12.Cc1ccc2c(c1)sc1cc(C)ccc12.Cc1ccc2c(ccc3cc(C)ccc32)c1. The van der Waals surface area contributed by atoms with Crippen molar-refractivity contribution in [3.63, 3.8) is 0 Å². The molecule has 3 heterocycles. The van der Waals surface area contributed by atoms with E-state index in [0.717, 1.165) is 11.2 Å². The molecule has 1 aliphatic carbocycles. The highest BCUT2D eigenvalue weighted by Crippen LogP contribution is 2.49. The van der Waals surface area contributed by atoms with Gasteiger partial charge in [0.05, 0.1) is 11.0 Å². The summed E-state index contributed by atoms with van der Waals surface area (Å²) in [6, 6.07) is 98.7. The molecular formula is C97H87NOS. The molecule has 15 aromatic carbocycles. The third kappa shape index (κ3) is 13.1. The molecule has 3 heteroatoms. The maximum absolute atomic E-state index is 5.81. The molecule has 3 aromatic heterocycles. The summed E-state index contributed by atoms with van der Waals surface area (Å²) in [5.74, 6) is 0. The highest BCUT2D eigenvalue weighted by Gasteiger charge is 2.35. The lowest BCUT2D eigenvalue weighted by atomic mass is 9.81. The van der Waals surface area contributed by atoms with Crippen LogP contribution in [0.15, 0.2) is 277 Å². The topological polar surface area (TPSA) is 18.1 Å². The Balaban J connectivity index is 0.000000103. The minimum Gasteiger partial charge on any atom is -0.456 e. The number of thiophene rings is 1. The second-order valence-corrected chi connectivity index (χ2v) is 29.6. The van der Waals surface area contributed by atoms with Gasteiger partial charge in [0, 0.05) is 52.8 Å². The molecule has 0 unspecified atom stereocenters. The van der Waals surface area contributed by atoms with Gasteiger partial charge >= 0.3 is 0 Å². The van der Waals surface area contributed by atoms with E-state index < -0.39 is 0 Å². The lowest BCUT2D eigenvalue weighted by molar-refractivity contribution is 0.659. The first-order valence-corrected chi connectivity index (χ1v) is 35.9. The number of aromatic nitrogens is 1. The zero-order valence-corrected chi connectivity index (χ0v) is 61.1. The Morgan fingerprint density at radius 3 is 0.990 bits per heavy atom. The van der Waals surface area contributed by atoms with E-state index in [0.29, 0.717) is 0 Å². The van der Waals surface area contributed by atoms with Crippen LogP contribution in [0, 0.1) is 83.1 Å². The summed E-state index contributed by atoms with van der Waals surface area (Å²) in [7, 11) is 0. The molecule has 0 saturated carbocycles. The Morgan fingerprint density at radius 2 is 0.580 bits per heavy atom. The van der Waals surface area contributed by atoms with Gasteiger partial charge in [-0.05, 0) is 242 Å². The first-order chi connectivity index (χ1) is 48.2. The van der Waals surface area contributed by atoms with Crippen molar-refractivity contribution >= 4 is 118 Å². The summed E-state index contributed by atoms with van der Waals surface area (Å²) in [5.41, 5.74) is 27.5. The zero-order chi connectivity index (χ0) is 69.7. The highest BCUT2D eigenvalue weighted by atomic mass is 32.1. The molecule has 0 radical (unpaired) electrons. The van der Waals surface area contributed by atoms with Crippen molar-refractivity contribution in [3.8, 4) is 16.8 Å². The number of furan rings is 1. The zero-order valence-electron chi connectivity index (χ0n) is 60.2. The summed E-state index contributed by atoms with van der Waals surface area (Å²) >= 11 is 1.89. The summed E-state index contributed by atoms with van der Waals surface area (Å²) in [5, 5.41) is 18.7. The minimum atomic E-state index is 0.142. The van der Waals surface area contributed by atoms with Gasteiger partial charge in [-0.1, -0.05) is 260 Å². The number of para-hydroxylation sites is 1. The summed E-state index contributed by atoms with van der Waals surface area (Å²) in [4.78, 5) is 0. The van der Waals surface area contributed by atoms with Crippen molar-refractivity contribution in [2.24, 2.45) is 0 Å². The molecule has 0 fully saturated rings. The molecule has 0 bridgehead atoms. The van der Waals surface area contributed by atoms with Crippen LogP contribution >= 0.6 is 11.3 Å². The number of nitrogens with zero attached hydrogens (tertiary/aromatic N) is 1. The van der Waals surface area contributed by atoms with Crippen LogP contribution in [-0.2, 0) is 5.41 Å². The standard InChI is InChI=1S/C20H17N.C17H18.2C16H14.C14H12O.C14H12S/c1-14-8-10-19-17(12-14)18-13-15(2)9-11-20(18)21(19)16-6-4-3-5-7-16;1-11-5-7-13-14-8-6-12(2)10-16(14)17(3,4)15(13)9-11;1-11-3-7-15-13(9-11)5-6-14-10-12(2)4-8-16(14)15;1-11-13-7-3-5-9-15(13)12(2)16-10-6-4-8-14(11)16;2*1-9-3-5-11-12-6-4-10(2)8-14(12)15-13(11)7-9/h3-13H,1-2H3;5-10H,1-4H3;2*3-10H,1-2H3;2*3-8H,1-2H3. The van der Waals surface area contributed by atoms with Crippen molar-refractivity contribution in [3.05, 3.63) is 351 Å². The third-order valence-electron chi connectivity index (χ3n) is 20.3. The molecule has 18 aromatic rings. The predicted octanol–water partition coefficient (Wildman–Crippen LogP) is 28.1. The van der Waals surface area contributed by atoms with E-state index in [1.54, 1.807) is 0 Å². The Morgan fingerprint density at radius 1 is 0.260 bits per heavy atom. The molecule has 0 amide bonds. The van der Waals surface area contributed by atoms with Gasteiger partial charge in [0.1, 0.15) is 11.2 Å². The molecule has 0 saturated heterocycles. The van der Waals surface area contributed by atoms with Gasteiger partial charge in [-0.25, -0.2) is 0 Å². The van der Waals surface area contributed by atoms with E-state index in [4.69, 9.17) is 4.42 Å². The molecule has 100 heavy (non-hydrogen) atoms. The van der Waals surface area contributed by atoms with Crippen molar-refractivity contribution < 1.29 is 4.42 Å². The molecule has 0 aliphatic heterocycles. The minimum absolute atomic E-state index is 0.142. The average Bonchev–Trinajstić information content (AvgIpc) is 1.56. The molecule has 2 nitrogen and oxygen atoms in total. The summed E-state index contributed by atoms with van der Waals surface area (Å²) in [6.45, 7) is 30.5. The van der Waals surface area contributed by atoms with Crippen molar-refractivity contribution in [2.75, 3.05) is 0 Å². The molecule has 1 aliphatic rings. The van der Waals surface area contributed by atoms with Crippen LogP contribution in [0.3, 0.4) is 0 Å². The van der Waals surface area contributed by atoms with Gasteiger partial charge in [-0.15, -0.1) is 11.3 Å². The molecule has 0 spiro atoms. The quantitative estimate of drug-likeness (QED) is 0.118. The summed E-state index contributed by atoms with van der Waals surface area (Å²) in [6.07, 6.45) is 0. The maximum atomic E-state index is 5.81. The Bertz CT molecular complexity index is 5630. The predicted molar refractivity (Wildman–Crippen MR) is 438 cm³/mol. The van der Waals surface area contributed by atoms with Crippen LogP contribution in [-0.4, -0.2) is 4.57 Å². The highest BCUT2D eigenvalue weighted by molar-refractivity contribution is 7.25. The van der Waals surface area contributed by atoms with Gasteiger partial charge in [0.2, 0.25) is 0 Å². The van der Waals surface area contributed by atoms with E-state index in [1.807, 2.05) is 11.3 Å². The number of rotatable bonds is 1.